The van der Waals surface area contributed by atoms with Crippen molar-refractivity contribution in [3.8, 4) is 0 Å². The Morgan fingerprint density at radius 2 is 1.92 bits per heavy atom. The molecule has 0 radical (unpaired) electrons. The average molecular weight is 451 g/mol. The number of thioether (sulfide) groups is 1. The molecular formula is C16H16Cl2N2O3S3. The van der Waals surface area contributed by atoms with Gasteiger partial charge in [0, 0.05) is 5.56 Å². The van der Waals surface area contributed by atoms with Crippen molar-refractivity contribution < 1.29 is 13.2 Å². The van der Waals surface area contributed by atoms with Crippen LogP contribution in [0.5, 0.6) is 0 Å². The van der Waals surface area contributed by atoms with Crippen LogP contribution in [0.1, 0.15) is 29.1 Å². The first-order valence-corrected chi connectivity index (χ1v) is 11.7. The normalized spacial score (nSPS) is 12.1. The van der Waals surface area contributed by atoms with E-state index in [-0.39, 0.29) is 9.77 Å². The highest BCUT2D eigenvalue weighted by atomic mass is 35.5. The number of amides is 1. The summed E-state index contributed by atoms with van der Waals surface area (Å²) in [5, 5.41) is 4.10. The molecule has 0 unspecified atom stereocenters. The summed E-state index contributed by atoms with van der Waals surface area (Å²) < 4.78 is 25.4. The van der Waals surface area contributed by atoms with Crippen molar-refractivity contribution in [2.75, 3.05) is 6.26 Å². The second kappa shape index (κ2) is 8.75. The lowest BCUT2D eigenvalue weighted by molar-refractivity contribution is 0.0959. The standard InChI is InChI=1S/C16H16Cl2N2O3S3/c1-9(2)26(22,23)14-7-13(25-16(14)24-3)15(21)20-19-8-10-11(17)5-4-6-12(10)18/h4-9H,1-3H3,(H,20,21). The van der Waals surface area contributed by atoms with Crippen LogP contribution in [0.25, 0.3) is 0 Å². The number of benzene rings is 1. The number of thiophene rings is 1. The first-order valence-electron chi connectivity index (χ1n) is 7.37. The molecule has 0 saturated carbocycles. The predicted octanol–water partition coefficient (Wildman–Crippen LogP) is 4.72. The van der Waals surface area contributed by atoms with Crippen molar-refractivity contribution >= 4 is 68.3 Å². The van der Waals surface area contributed by atoms with Crippen LogP contribution in [0, 0.1) is 0 Å². The van der Waals surface area contributed by atoms with E-state index in [9.17, 15) is 13.2 Å². The fraction of sp³-hybridized carbons (Fsp3) is 0.250. The van der Waals surface area contributed by atoms with E-state index in [0.717, 1.165) is 11.3 Å². The van der Waals surface area contributed by atoms with Gasteiger partial charge in [0.2, 0.25) is 0 Å². The van der Waals surface area contributed by atoms with Gasteiger partial charge in [0.15, 0.2) is 9.84 Å². The first kappa shape index (κ1) is 21.2. The minimum Gasteiger partial charge on any atom is -0.266 e. The lowest BCUT2D eigenvalue weighted by Crippen LogP contribution is -2.17. The molecule has 0 spiro atoms. The second-order valence-electron chi connectivity index (χ2n) is 5.39. The maximum absolute atomic E-state index is 12.4. The molecule has 0 fully saturated rings. The molecule has 0 bridgehead atoms. The molecule has 140 valence electrons. The van der Waals surface area contributed by atoms with Gasteiger partial charge in [0.05, 0.1) is 35.5 Å². The molecule has 0 atom stereocenters. The van der Waals surface area contributed by atoms with Crippen LogP contribution in [0.3, 0.4) is 0 Å². The Kier molecular flexibility index (Phi) is 7.15. The zero-order valence-corrected chi connectivity index (χ0v) is 18.1. The van der Waals surface area contributed by atoms with Crippen molar-refractivity contribution in [2.45, 2.75) is 28.2 Å². The van der Waals surface area contributed by atoms with E-state index in [1.54, 1.807) is 38.3 Å². The number of hydrogen-bond acceptors (Lipinski definition) is 6. The Morgan fingerprint density at radius 1 is 1.31 bits per heavy atom. The maximum atomic E-state index is 12.4. The molecule has 1 heterocycles. The van der Waals surface area contributed by atoms with E-state index in [1.807, 2.05) is 0 Å². The van der Waals surface area contributed by atoms with Crippen LogP contribution in [0.2, 0.25) is 10.0 Å². The number of hydrazone groups is 1. The molecule has 5 nitrogen and oxygen atoms in total. The largest absolute Gasteiger partial charge is 0.281 e. The molecule has 0 saturated heterocycles. The van der Waals surface area contributed by atoms with Crippen LogP contribution in [-0.2, 0) is 9.84 Å². The third-order valence-corrected chi connectivity index (χ3v) is 8.72. The van der Waals surface area contributed by atoms with Gasteiger partial charge in [-0.25, -0.2) is 13.8 Å². The Bertz CT molecular complexity index is 933. The Balaban J connectivity index is 2.23. The zero-order valence-electron chi connectivity index (χ0n) is 14.1. The molecule has 2 rings (SSSR count). The number of nitrogens with zero attached hydrogens (tertiary/aromatic N) is 1. The third-order valence-electron chi connectivity index (χ3n) is 3.36. The summed E-state index contributed by atoms with van der Waals surface area (Å²) >= 11 is 14.5. The number of sulfone groups is 1. The summed E-state index contributed by atoms with van der Waals surface area (Å²) in [6.45, 7) is 3.21. The van der Waals surface area contributed by atoms with E-state index in [4.69, 9.17) is 23.2 Å². The van der Waals surface area contributed by atoms with Gasteiger partial charge in [-0.15, -0.1) is 23.1 Å². The van der Waals surface area contributed by atoms with Crippen molar-refractivity contribution in [2.24, 2.45) is 5.10 Å². The number of carbonyl (C=O) groups is 1. The van der Waals surface area contributed by atoms with E-state index in [1.165, 1.54) is 24.0 Å². The van der Waals surface area contributed by atoms with Crippen LogP contribution in [0.15, 0.2) is 38.5 Å². The molecule has 1 N–H and O–H groups in total. The number of rotatable bonds is 6. The fourth-order valence-electron chi connectivity index (χ4n) is 1.91. The number of carbonyl (C=O) groups excluding carboxylic acids is 1. The third kappa shape index (κ3) is 4.61. The molecule has 1 aromatic heterocycles. The molecule has 0 aliphatic heterocycles. The van der Waals surface area contributed by atoms with Crippen molar-refractivity contribution in [3.05, 3.63) is 44.8 Å². The Hall–Kier alpha value is -1.06. The van der Waals surface area contributed by atoms with E-state index < -0.39 is 21.0 Å². The minimum absolute atomic E-state index is 0.174. The molecular weight excluding hydrogens is 435 g/mol. The lowest BCUT2D eigenvalue weighted by atomic mass is 10.2. The molecule has 1 amide bonds. The molecule has 10 heteroatoms. The quantitative estimate of drug-likeness (QED) is 0.392. The Morgan fingerprint density at radius 3 is 2.46 bits per heavy atom. The zero-order chi connectivity index (χ0) is 19.5. The van der Waals surface area contributed by atoms with E-state index >= 15 is 0 Å². The van der Waals surface area contributed by atoms with Crippen molar-refractivity contribution in [3.63, 3.8) is 0 Å². The van der Waals surface area contributed by atoms with Gasteiger partial charge in [0.25, 0.3) is 5.91 Å². The summed E-state index contributed by atoms with van der Waals surface area (Å²) in [6, 6.07) is 6.40. The molecule has 26 heavy (non-hydrogen) atoms. The number of nitrogens with one attached hydrogen (secondary N) is 1. The van der Waals surface area contributed by atoms with Crippen LogP contribution in [-0.4, -0.2) is 32.0 Å². The summed E-state index contributed by atoms with van der Waals surface area (Å²) in [5.74, 6) is -0.505. The summed E-state index contributed by atoms with van der Waals surface area (Å²) in [4.78, 5) is 12.7. The van der Waals surface area contributed by atoms with Gasteiger partial charge < -0.3 is 0 Å². The number of halogens is 2. The first-order chi connectivity index (χ1) is 12.2. The monoisotopic (exact) mass is 450 g/mol. The van der Waals surface area contributed by atoms with E-state index in [2.05, 4.69) is 10.5 Å². The highest BCUT2D eigenvalue weighted by Gasteiger charge is 2.26. The topological polar surface area (TPSA) is 75.6 Å². The molecule has 2 aromatic rings. The highest BCUT2D eigenvalue weighted by molar-refractivity contribution is 8.01. The Labute approximate surface area is 170 Å². The average Bonchev–Trinajstić information content (AvgIpc) is 3.02. The van der Waals surface area contributed by atoms with Crippen molar-refractivity contribution in [1.29, 1.82) is 0 Å². The molecule has 1 aromatic carbocycles. The minimum atomic E-state index is -3.47. The van der Waals surface area contributed by atoms with Crippen LogP contribution < -0.4 is 5.43 Å². The van der Waals surface area contributed by atoms with Gasteiger partial charge in [-0.2, -0.15) is 5.10 Å². The second-order valence-corrected chi connectivity index (χ2v) is 10.8. The summed E-state index contributed by atoms with van der Waals surface area (Å²) in [5.41, 5.74) is 2.85. The van der Waals surface area contributed by atoms with Crippen LogP contribution in [0.4, 0.5) is 0 Å². The van der Waals surface area contributed by atoms with E-state index in [0.29, 0.717) is 19.8 Å². The summed E-state index contributed by atoms with van der Waals surface area (Å²) in [7, 11) is -3.47. The van der Waals surface area contributed by atoms with Gasteiger partial charge in [-0.3, -0.25) is 4.79 Å². The summed E-state index contributed by atoms with van der Waals surface area (Å²) in [6.07, 6.45) is 3.11. The van der Waals surface area contributed by atoms with Crippen molar-refractivity contribution in [1.82, 2.24) is 5.43 Å². The fourth-order valence-corrected chi connectivity index (χ4v) is 6.11. The van der Waals surface area contributed by atoms with Gasteiger partial charge in [0.1, 0.15) is 0 Å². The lowest BCUT2D eigenvalue weighted by Gasteiger charge is -2.06. The molecule has 0 aliphatic carbocycles. The smallest absolute Gasteiger partial charge is 0.266 e. The highest BCUT2D eigenvalue weighted by Crippen LogP contribution is 2.35. The van der Waals surface area contributed by atoms with Crippen LogP contribution >= 0.6 is 46.3 Å². The van der Waals surface area contributed by atoms with Gasteiger partial charge >= 0.3 is 0 Å². The van der Waals surface area contributed by atoms with Gasteiger partial charge in [-0.05, 0) is 38.3 Å². The van der Waals surface area contributed by atoms with Gasteiger partial charge in [-0.1, -0.05) is 29.3 Å². The SMILES string of the molecule is CSc1sc(C(=O)NN=Cc2c(Cl)cccc2Cl)cc1S(=O)(=O)C(C)C. The number of hydrogen-bond donors (Lipinski definition) is 1. The maximum Gasteiger partial charge on any atom is 0.281 e. The molecule has 0 aliphatic rings. The predicted molar refractivity (Wildman–Crippen MR) is 110 cm³/mol.